The Kier molecular flexibility index (Phi) is 10.0. The van der Waals surface area contributed by atoms with E-state index in [1.54, 1.807) is 24.3 Å². The predicted octanol–water partition coefficient (Wildman–Crippen LogP) is 0.0285. The lowest BCUT2D eigenvalue weighted by atomic mass is 9.98. The van der Waals surface area contributed by atoms with Crippen molar-refractivity contribution in [3.05, 3.63) is 35.9 Å². The normalized spacial score (nSPS) is 20.0. The molecule has 10 nitrogen and oxygen atoms in total. The Bertz CT molecular complexity index is 862. The van der Waals surface area contributed by atoms with Crippen LogP contribution < -0.4 is 16.4 Å². The number of hydrogen-bond acceptors (Lipinski definition) is 6. The maximum Gasteiger partial charge on any atom is 0.326 e. The number of rotatable bonds is 11. The van der Waals surface area contributed by atoms with Crippen LogP contribution in [0.15, 0.2) is 30.3 Å². The van der Waals surface area contributed by atoms with Gasteiger partial charge in [-0.25, -0.2) is 4.79 Å². The molecule has 10 heteroatoms. The molecule has 6 atom stereocenters. The zero-order valence-electron chi connectivity index (χ0n) is 19.9. The third-order valence-electron chi connectivity index (χ3n) is 6.34. The van der Waals surface area contributed by atoms with E-state index in [1.807, 2.05) is 19.9 Å². The third-order valence-corrected chi connectivity index (χ3v) is 6.34. The summed E-state index contributed by atoms with van der Waals surface area (Å²) < 4.78 is 0. The molecular formula is C24H36N4O6. The average Bonchev–Trinajstić information content (AvgIpc) is 3.31. The Labute approximate surface area is 199 Å². The van der Waals surface area contributed by atoms with E-state index in [1.165, 1.54) is 11.8 Å². The SMILES string of the molecule is CCC(C)C(N)C(=O)NC(Cc1ccccc1)C(=O)NC(C(=O)N1CCCC1C(=O)O)C(C)O. The van der Waals surface area contributed by atoms with Crippen LogP contribution in [0.3, 0.4) is 0 Å². The Morgan fingerprint density at radius 1 is 1.12 bits per heavy atom. The first kappa shape index (κ1) is 27.3. The van der Waals surface area contributed by atoms with E-state index in [-0.39, 0.29) is 18.9 Å². The number of nitrogens with zero attached hydrogens (tertiary/aromatic N) is 1. The second-order valence-electron chi connectivity index (χ2n) is 8.92. The summed E-state index contributed by atoms with van der Waals surface area (Å²) in [5, 5.41) is 24.9. The van der Waals surface area contributed by atoms with Gasteiger partial charge in [0.2, 0.25) is 17.7 Å². The molecule has 0 bridgehead atoms. The molecule has 6 unspecified atom stereocenters. The summed E-state index contributed by atoms with van der Waals surface area (Å²) in [4.78, 5) is 51.7. The number of carbonyl (C=O) groups excluding carboxylic acids is 3. The third kappa shape index (κ3) is 7.01. The average molecular weight is 477 g/mol. The first-order valence-corrected chi connectivity index (χ1v) is 11.7. The number of carboxylic acids is 1. The van der Waals surface area contributed by atoms with Crippen molar-refractivity contribution in [1.82, 2.24) is 15.5 Å². The fraction of sp³-hybridized carbons (Fsp3) is 0.583. The lowest BCUT2D eigenvalue weighted by molar-refractivity contribution is -0.150. The van der Waals surface area contributed by atoms with Gasteiger partial charge in [-0.1, -0.05) is 50.6 Å². The van der Waals surface area contributed by atoms with Crippen LogP contribution in [0.4, 0.5) is 0 Å². The molecule has 0 aliphatic carbocycles. The van der Waals surface area contributed by atoms with E-state index >= 15 is 0 Å². The molecule has 2 rings (SSSR count). The highest BCUT2D eigenvalue weighted by Gasteiger charge is 2.40. The maximum atomic E-state index is 13.2. The smallest absolute Gasteiger partial charge is 0.326 e. The van der Waals surface area contributed by atoms with E-state index < -0.39 is 54.0 Å². The number of carboxylic acid groups (broad SMARTS) is 1. The van der Waals surface area contributed by atoms with Crippen molar-refractivity contribution in [2.45, 2.75) is 76.7 Å². The zero-order chi connectivity index (χ0) is 25.4. The van der Waals surface area contributed by atoms with Crippen molar-refractivity contribution in [2.75, 3.05) is 6.54 Å². The molecule has 3 amide bonds. The van der Waals surface area contributed by atoms with Gasteiger partial charge in [-0.05, 0) is 31.2 Å². The molecule has 0 radical (unpaired) electrons. The van der Waals surface area contributed by atoms with Gasteiger partial charge in [-0.3, -0.25) is 14.4 Å². The van der Waals surface area contributed by atoms with Gasteiger partial charge in [0.05, 0.1) is 12.1 Å². The van der Waals surface area contributed by atoms with Gasteiger partial charge in [0.1, 0.15) is 18.1 Å². The highest BCUT2D eigenvalue weighted by molar-refractivity contribution is 5.94. The number of nitrogens with one attached hydrogen (secondary N) is 2. The summed E-state index contributed by atoms with van der Waals surface area (Å²) in [6.07, 6.45) is 0.379. The minimum absolute atomic E-state index is 0.102. The van der Waals surface area contributed by atoms with E-state index in [2.05, 4.69) is 10.6 Å². The predicted molar refractivity (Wildman–Crippen MR) is 125 cm³/mol. The van der Waals surface area contributed by atoms with Crippen molar-refractivity contribution >= 4 is 23.7 Å². The summed E-state index contributed by atoms with van der Waals surface area (Å²) in [5.74, 6) is -3.06. The number of nitrogens with two attached hydrogens (primary N) is 1. The van der Waals surface area contributed by atoms with Gasteiger partial charge in [0.25, 0.3) is 0 Å². The number of hydrogen-bond donors (Lipinski definition) is 5. The number of aliphatic hydroxyl groups excluding tert-OH is 1. The van der Waals surface area contributed by atoms with Crippen LogP contribution in [0, 0.1) is 5.92 Å². The van der Waals surface area contributed by atoms with Crippen molar-refractivity contribution in [2.24, 2.45) is 11.7 Å². The standard InChI is InChI=1S/C24H36N4O6/c1-4-14(2)19(25)22(31)26-17(13-16-9-6-5-7-10-16)21(30)27-20(15(3)29)23(32)28-12-8-11-18(28)24(33)34/h5-7,9-10,14-15,17-20,29H,4,8,11-13,25H2,1-3H3,(H,26,31)(H,27,30)(H,33,34). The molecule has 1 aromatic carbocycles. The molecule has 0 saturated carbocycles. The zero-order valence-corrected chi connectivity index (χ0v) is 19.9. The second kappa shape index (κ2) is 12.5. The van der Waals surface area contributed by atoms with Crippen LogP contribution in [0.1, 0.15) is 45.6 Å². The highest BCUT2D eigenvalue weighted by atomic mass is 16.4. The second-order valence-corrected chi connectivity index (χ2v) is 8.92. The van der Waals surface area contributed by atoms with Crippen molar-refractivity contribution < 1.29 is 29.4 Å². The quantitative estimate of drug-likeness (QED) is 0.301. The molecule has 6 N–H and O–H groups in total. The van der Waals surface area contributed by atoms with Gasteiger partial charge < -0.3 is 31.5 Å². The minimum atomic E-state index is -1.36. The van der Waals surface area contributed by atoms with Gasteiger partial charge in [-0.2, -0.15) is 0 Å². The van der Waals surface area contributed by atoms with Gasteiger partial charge in [0, 0.05) is 13.0 Å². The maximum absolute atomic E-state index is 13.2. The number of aliphatic hydroxyl groups is 1. The van der Waals surface area contributed by atoms with Crippen LogP contribution in [-0.2, 0) is 25.6 Å². The fourth-order valence-corrected chi connectivity index (χ4v) is 3.95. The summed E-state index contributed by atoms with van der Waals surface area (Å²) in [6, 6.07) is 4.83. The molecule has 1 aliphatic heterocycles. The minimum Gasteiger partial charge on any atom is -0.480 e. The fourth-order valence-electron chi connectivity index (χ4n) is 3.95. The van der Waals surface area contributed by atoms with Crippen LogP contribution in [-0.4, -0.2) is 75.6 Å². The molecule has 188 valence electrons. The van der Waals surface area contributed by atoms with Gasteiger partial charge in [0.15, 0.2) is 0 Å². The molecule has 0 spiro atoms. The summed E-state index contributed by atoms with van der Waals surface area (Å²) in [5.41, 5.74) is 6.82. The number of likely N-dealkylation sites (tertiary alicyclic amines) is 1. The molecule has 1 saturated heterocycles. The number of aliphatic carboxylic acids is 1. The van der Waals surface area contributed by atoms with Crippen LogP contribution in [0.2, 0.25) is 0 Å². The summed E-state index contributed by atoms with van der Waals surface area (Å²) in [6.45, 7) is 5.32. The summed E-state index contributed by atoms with van der Waals surface area (Å²) >= 11 is 0. The first-order valence-electron chi connectivity index (χ1n) is 11.7. The molecular weight excluding hydrogens is 440 g/mol. The van der Waals surface area contributed by atoms with E-state index in [9.17, 15) is 29.4 Å². The number of carbonyl (C=O) groups is 4. The highest BCUT2D eigenvalue weighted by Crippen LogP contribution is 2.19. The first-order chi connectivity index (χ1) is 16.1. The van der Waals surface area contributed by atoms with Crippen molar-refractivity contribution in [3.63, 3.8) is 0 Å². The Morgan fingerprint density at radius 2 is 1.76 bits per heavy atom. The molecule has 1 fully saturated rings. The Hall–Kier alpha value is -2.98. The van der Waals surface area contributed by atoms with E-state index in [4.69, 9.17) is 5.73 Å². The van der Waals surface area contributed by atoms with E-state index in [0.717, 1.165) is 5.56 Å². The van der Waals surface area contributed by atoms with Crippen LogP contribution >= 0.6 is 0 Å². The monoisotopic (exact) mass is 476 g/mol. The molecule has 0 aromatic heterocycles. The van der Waals surface area contributed by atoms with Crippen molar-refractivity contribution in [1.29, 1.82) is 0 Å². The molecule has 34 heavy (non-hydrogen) atoms. The molecule has 1 aliphatic rings. The topological polar surface area (TPSA) is 162 Å². The van der Waals surface area contributed by atoms with Crippen molar-refractivity contribution in [3.8, 4) is 0 Å². The number of amides is 3. The molecule has 1 aromatic rings. The van der Waals surface area contributed by atoms with E-state index in [0.29, 0.717) is 19.3 Å². The van der Waals surface area contributed by atoms with Gasteiger partial charge >= 0.3 is 5.97 Å². The molecule has 1 heterocycles. The Morgan fingerprint density at radius 3 is 2.32 bits per heavy atom. The Balaban J connectivity index is 2.22. The lowest BCUT2D eigenvalue weighted by Crippen LogP contribution is -2.60. The largest absolute Gasteiger partial charge is 0.480 e. The van der Waals surface area contributed by atoms with Crippen LogP contribution in [0.25, 0.3) is 0 Å². The van der Waals surface area contributed by atoms with Crippen LogP contribution in [0.5, 0.6) is 0 Å². The lowest BCUT2D eigenvalue weighted by Gasteiger charge is -2.30. The van der Waals surface area contributed by atoms with Gasteiger partial charge in [-0.15, -0.1) is 0 Å². The number of benzene rings is 1. The summed E-state index contributed by atoms with van der Waals surface area (Å²) in [7, 11) is 0.